The van der Waals surface area contributed by atoms with E-state index < -0.39 is 0 Å². The smallest absolute Gasteiger partial charge is 0.198 e. The highest BCUT2D eigenvalue weighted by molar-refractivity contribution is 8.00. The molecule has 0 bridgehead atoms. The van der Waals surface area contributed by atoms with Crippen LogP contribution in [0, 0.1) is 0 Å². The van der Waals surface area contributed by atoms with Crippen LogP contribution in [0.4, 0.5) is 5.82 Å². The van der Waals surface area contributed by atoms with Gasteiger partial charge in [-0.15, -0.1) is 0 Å². The zero-order valence-electron chi connectivity index (χ0n) is 17.5. The molecular weight excluding hydrogens is 414 g/mol. The molecule has 2 aromatic carbocycles. The summed E-state index contributed by atoms with van der Waals surface area (Å²) >= 11 is 1.46. The molecule has 0 atom stereocenters. The van der Waals surface area contributed by atoms with Crippen LogP contribution in [0.25, 0.3) is 17.0 Å². The number of para-hydroxylation sites is 1. The standard InChI is InChI=1S/C22H23N5O3S/c1-4-30-14-19-25-21-22(27(19)20-16(28-2)11-8-12-17(20)29-3)24-18(13-23-21)26-31-15-9-6-5-7-10-15/h5-13H,4,14H2,1-3H3,(H,24,26). The molecule has 2 aromatic heterocycles. The number of benzene rings is 2. The lowest BCUT2D eigenvalue weighted by atomic mass is 10.2. The Morgan fingerprint density at radius 3 is 2.39 bits per heavy atom. The molecule has 160 valence electrons. The Bertz CT molecular complexity index is 1140. The SMILES string of the molecule is CCOCc1nc2ncc(NSc3ccccc3)nc2n1-c1c(OC)cccc1OC. The van der Waals surface area contributed by atoms with Crippen molar-refractivity contribution in [2.24, 2.45) is 0 Å². The van der Waals surface area contributed by atoms with Gasteiger partial charge >= 0.3 is 0 Å². The van der Waals surface area contributed by atoms with E-state index in [4.69, 9.17) is 19.2 Å². The zero-order valence-corrected chi connectivity index (χ0v) is 18.3. The zero-order chi connectivity index (χ0) is 21.6. The number of nitrogens with one attached hydrogen (secondary N) is 1. The van der Waals surface area contributed by atoms with Gasteiger partial charge in [0.05, 0.1) is 20.4 Å². The normalized spacial score (nSPS) is 10.9. The number of methoxy groups -OCH3 is 2. The summed E-state index contributed by atoms with van der Waals surface area (Å²) in [5.41, 5.74) is 1.79. The van der Waals surface area contributed by atoms with Crippen LogP contribution < -0.4 is 14.2 Å². The van der Waals surface area contributed by atoms with Gasteiger partial charge in [-0.1, -0.05) is 24.3 Å². The van der Waals surface area contributed by atoms with Crippen LogP contribution in [0.3, 0.4) is 0 Å². The summed E-state index contributed by atoms with van der Waals surface area (Å²) in [5.74, 6) is 2.54. The molecule has 0 saturated carbocycles. The Balaban J connectivity index is 1.82. The van der Waals surface area contributed by atoms with Crippen molar-refractivity contribution in [2.45, 2.75) is 18.4 Å². The minimum Gasteiger partial charge on any atom is -0.494 e. The van der Waals surface area contributed by atoms with Crippen LogP contribution in [-0.2, 0) is 11.3 Å². The summed E-state index contributed by atoms with van der Waals surface area (Å²) in [6, 6.07) is 15.6. The Kier molecular flexibility index (Phi) is 6.54. The van der Waals surface area contributed by atoms with Crippen molar-refractivity contribution in [3.63, 3.8) is 0 Å². The second-order valence-corrected chi connectivity index (χ2v) is 7.31. The molecule has 8 nitrogen and oxygen atoms in total. The fourth-order valence-corrected chi connectivity index (χ4v) is 3.74. The van der Waals surface area contributed by atoms with E-state index in [1.54, 1.807) is 20.4 Å². The van der Waals surface area contributed by atoms with E-state index in [9.17, 15) is 0 Å². The highest BCUT2D eigenvalue weighted by Crippen LogP contribution is 2.35. The summed E-state index contributed by atoms with van der Waals surface area (Å²) < 4.78 is 22.0. The summed E-state index contributed by atoms with van der Waals surface area (Å²) in [4.78, 5) is 15.0. The molecule has 9 heteroatoms. The van der Waals surface area contributed by atoms with Crippen LogP contribution >= 0.6 is 11.9 Å². The van der Waals surface area contributed by atoms with Gasteiger partial charge in [0.15, 0.2) is 17.1 Å². The molecule has 0 amide bonds. The van der Waals surface area contributed by atoms with Crippen molar-refractivity contribution in [2.75, 3.05) is 25.5 Å². The van der Waals surface area contributed by atoms with Gasteiger partial charge in [0.2, 0.25) is 0 Å². The minimum atomic E-state index is 0.303. The summed E-state index contributed by atoms with van der Waals surface area (Å²) in [7, 11) is 3.24. The third kappa shape index (κ3) is 4.42. The maximum atomic E-state index is 5.65. The second-order valence-electron chi connectivity index (χ2n) is 6.43. The summed E-state index contributed by atoms with van der Waals surface area (Å²) in [5, 5.41) is 0. The van der Waals surface area contributed by atoms with Crippen LogP contribution in [0.1, 0.15) is 12.7 Å². The van der Waals surface area contributed by atoms with Crippen LogP contribution in [0.5, 0.6) is 11.5 Å². The van der Waals surface area contributed by atoms with Gasteiger partial charge in [0.1, 0.15) is 29.6 Å². The maximum Gasteiger partial charge on any atom is 0.198 e. The third-order valence-corrected chi connectivity index (χ3v) is 5.34. The lowest BCUT2D eigenvalue weighted by Crippen LogP contribution is -2.08. The van der Waals surface area contributed by atoms with Gasteiger partial charge in [-0.2, -0.15) is 0 Å². The predicted octanol–water partition coefficient (Wildman–Crippen LogP) is 4.49. The lowest BCUT2D eigenvalue weighted by Gasteiger charge is -2.16. The fourth-order valence-electron chi connectivity index (χ4n) is 3.12. The Morgan fingerprint density at radius 2 is 1.71 bits per heavy atom. The van der Waals surface area contributed by atoms with Gasteiger partial charge in [0.25, 0.3) is 0 Å². The molecule has 0 aliphatic carbocycles. The van der Waals surface area contributed by atoms with Crippen molar-refractivity contribution in [3.8, 4) is 17.2 Å². The molecule has 0 aliphatic heterocycles. The summed E-state index contributed by atoms with van der Waals surface area (Å²) in [6.45, 7) is 2.81. The third-order valence-electron chi connectivity index (χ3n) is 4.52. The predicted molar refractivity (Wildman–Crippen MR) is 121 cm³/mol. The van der Waals surface area contributed by atoms with Crippen molar-refractivity contribution in [1.82, 2.24) is 19.5 Å². The number of fused-ring (bicyclic) bond motifs is 1. The number of anilines is 1. The number of aromatic nitrogens is 4. The van der Waals surface area contributed by atoms with Gasteiger partial charge in [-0.25, -0.2) is 15.0 Å². The number of rotatable bonds is 9. The number of imidazole rings is 1. The maximum absolute atomic E-state index is 5.65. The van der Waals surface area contributed by atoms with Gasteiger partial charge in [0, 0.05) is 11.5 Å². The molecular formula is C22H23N5O3S. The number of ether oxygens (including phenoxy) is 3. The van der Waals surface area contributed by atoms with E-state index >= 15 is 0 Å². The van der Waals surface area contributed by atoms with Crippen LogP contribution in [-0.4, -0.2) is 40.3 Å². The average Bonchev–Trinajstić information content (AvgIpc) is 3.18. The highest BCUT2D eigenvalue weighted by atomic mass is 32.2. The first-order valence-corrected chi connectivity index (χ1v) is 10.6. The average molecular weight is 438 g/mol. The molecule has 4 aromatic rings. The van der Waals surface area contributed by atoms with E-state index in [0.29, 0.717) is 53.3 Å². The van der Waals surface area contributed by atoms with Crippen molar-refractivity contribution >= 4 is 29.1 Å². The van der Waals surface area contributed by atoms with Gasteiger partial charge in [-0.05, 0) is 43.1 Å². The fraction of sp³-hybridized carbons (Fsp3) is 0.227. The largest absolute Gasteiger partial charge is 0.494 e. The van der Waals surface area contributed by atoms with E-state index in [0.717, 1.165) is 4.90 Å². The van der Waals surface area contributed by atoms with Gasteiger partial charge in [-0.3, -0.25) is 4.57 Å². The molecule has 1 N–H and O–H groups in total. The molecule has 31 heavy (non-hydrogen) atoms. The van der Waals surface area contributed by atoms with Crippen molar-refractivity contribution < 1.29 is 14.2 Å². The number of hydrogen-bond donors (Lipinski definition) is 1. The Morgan fingerprint density at radius 1 is 0.968 bits per heavy atom. The highest BCUT2D eigenvalue weighted by Gasteiger charge is 2.22. The van der Waals surface area contributed by atoms with Crippen LogP contribution in [0.15, 0.2) is 59.6 Å². The van der Waals surface area contributed by atoms with E-state index in [-0.39, 0.29) is 0 Å². The van der Waals surface area contributed by atoms with E-state index in [1.807, 2.05) is 60.0 Å². The second kappa shape index (κ2) is 9.67. The first-order chi connectivity index (χ1) is 15.2. The number of nitrogens with zero attached hydrogens (tertiary/aromatic N) is 4. The summed E-state index contributed by atoms with van der Waals surface area (Å²) in [6.07, 6.45) is 1.67. The molecule has 0 fully saturated rings. The molecule has 0 aliphatic rings. The van der Waals surface area contributed by atoms with Crippen molar-refractivity contribution in [3.05, 3.63) is 60.6 Å². The molecule has 0 unspecified atom stereocenters. The quantitative estimate of drug-likeness (QED) is 0.384. The molecule has 4 rings (SSSR count). The molecule has 2 heterocycles. The topological polar surface area (TPSA) is 83.3 Å². The lowest BCUT2D eigenvalue weighted by molar-refractivity contribution is 0.127. The minimum absolute atomic E-state index is 0.303. The van der Waals surface area contributed by atoms with E-state index in [1.165, 1.54) is 11.9 Å². The Hall–Kier alpha value is -3.30. The number of hydrogen-bond acceptors (Lipinski definition) is 8. The monoisotopic (exact) mass is 437 g/mol. The van der Waals surface area contributed by atoms with Gasteiger partial charge < -0.3 is 18.9 Å². The van der Waals surface area contributed by atoms with E-state index in [2.05, 4.69) is 14.7 Å². The molecule has 0 saturated heterocycles. The molecule has 0 radical (unpaired) electrons. The first kappa shape index (κ1) is 21.0. The molecule has 0 spiro atoms. The Labute approximate surface area is 184 Å². The first-order valence-electron chi connectivity index (χ1n) is 9.76. The van der Waals surface area contributed by atoms with Crippen LogP contribution in [0.2, 0.25) is 0 Å². The van der Waals surface area contributed by atoms with Crippen molar-refractivity contribution in [1.29, 1.82) is 0 Å².